The topological polar surface area (TPSA) is 71.3 Å². The number of aromatic nitrogens is 3. The van der Waals surface area contributed by atoms with E-state index in [1.165, 1.54) is 11.8 Å². The number of piperazine rings is 1. The number of halogens is 2. The third kappa shape index (κ3) is 5.34. The lowest BCUT2D eigenvalue weighted by Crippen LogP contribution is -2.50. The van der Waals surface area contributed by atoms with Crippen molar-refractivity contribution in [1.82, 2.24) is 24.6 Å². The van der Waals surface area contributed by atoms with E-state index < -0.39 is 0 Å². The molecule has 1 aliphatic rings. The number of hydrogen-bond donors (Lipinski definition) is 0. The van der Waals surface area contributed by atoms with Crippen molar-refractivity contribution < 1.29 is 9.59 Å². The van der Waals surface area contributed by atoms with E-state index in [9.17, 15) is 9.59 Å². The summed E-state index contributed by atoms with van der Waals surface area (Å²) in [7, 11) is 0. The minimum absolute atomic E-state index is 0.00350. The molecule has 4 rings (SSSR count). The lowest BCUT2D eigenvalue weighted by atomic mass is 10.1. The Kier molecular flexibility index (Phi) is 7.26. The average Bonchev–Trinajstić information content (AvgIpc) is 3.23. The molecule has 0 unspecified atom stereocenters. The molecular weight excluding hydrogens is 481 g/mol. The van der Waals surface area contributed by atoms with E-state index in [-0.39, 0.29) is 17.6 Å². The summed E-state index contributed by atoms with van der Waals surface area (Å²) in [6.45, 7) is 5.76. The Labute approximate surface area is 206 Å². The zero-order valence-electron chi connectivity index (χ0n) is 18.3. The molecule has 2 aromatic carbocycles. The number of carbonyl (C=O) groups is 2. The number of thioether (sulfide) groups is 1. The summed E-state index contributed by atoms with van der Waals surface area (Å²) in [6.07, 6.45) is 0. The average molecular weight is 504 g/mol. The van der Waals surface area contributed by atoms with Crippen LogP contribution in [0.4, 0.5) is 0 Å². The molecule has 7 nitrogen and oxygen atoms in total. The van der Waals surface area contributed by atoms with Gasteiger partial charge in [-0.3, -0.25) is 14.2 Å². The first kappa shape index (κ1) is 23.6. The van der Waals surface area contributed by atoms with Gasteiger partial charge < -0.3 is 9.80 Å². The highest BCUT2D eigenvalue weighted by Crippen LogP contribution is 2.31. The zero-order valence-corrected chi connectivity index (χ0v) is 20.6. The van der Waals surface area contributed by atoms with Crippen LogP contribution in [0.1, 0.15) is 12.5 Å². The fourth-order valence-corrected chi connectivity index (χ4v) is 4.75. The van der Waals surface area contributed by atoms with Gasteiger partial charge in [-0.05, 0) is 25.1 Å². The maximum Gasteiger partial charge on any atom is 0.233 e. The minimum Gasteiger partial charge on any atom is -0.339 e. The van der Waals surface area contributed by atoms with Crippen molar-refractivity contribution in [3.8, 4) is 17.1 Å². The predicted octanol–water partition coefficient (Wildman–Crippen LogP) is 4.33. The number of nitrogens with zero attached hydrogens (tertiary/aromatic N) is 5. The van der Waals surface area contributed by atoms with Crippen LogP contribution < -0.4 is 0 Å². The highest BCUT2D eigenvalue weighted by atomic mass is 35.5. The van der Waals surface area contributed by atoms with E-state index in [1.54, 1.807) is 28.9 Å². The fourth-order valence-electron chi connectivity index (χ4n) is 3.60. The smallest absolute Gasteiger partial charge is 0.233 e. The van der Waals surface area contributed by atoms with Gasteiger partial charge >= 0.3 is 0 Å². The van der Waals surface area contributed by atoms with Gasteiger partial charge in [-0.2, -0.15) is 0 Å². The van der Waals surface area contributed by atoms with E-state index in [4.69, 9.17) is 23.2 Å². The van der Waals surface area contributed by atoms with Gasteiger partial charge in [0.15, 0.2) is 11.0 Å². The molecule has 3 aromatic rings. The van der Waals surface area contributed by atoms with Crippen LogP contribution >= 0.6 is 35.0 Å². The van der Waals surface area contributed by atoms with Crippen LogP contribution in [0.5, 0.6) is 0 Å². The van der Waals surface area contributed by atoms with E-state index >= 15 is 0 Å². The van der Waals surface area contributed by atoms with Crippen molar-refractivity contribution in [2.45, 2.75) is 19.0 Å². The second kappa shape index (κ2) is 10.2. The van der Waals surface area contributed by atoms with E-state index in [0.29, 0.717) is 47.2 Å². The van der Waals surface area contributed by atoms with Gasteiger partial charge in [0.25, 0.3) is 0 Å². The van der Waals surface area contributed by atoms with Crippen LogP contribution in [0.15, 0.2) is 47.6 Å². The van der Waals surface area contributed by atoms with Crippen LogP contribution in [-0.2, 0) is 9.59 Å². The summed E-state index contributed by atoms with van der Waals surface area (Å²) in [6, 6.07) is 13.3. The van der Waals surface area contributed by atoms with Gasteiger partial charge in [-0.25, -0.2) is 0 Å². The molecule has 0 radical (unpaired) electrons. The molecular formula is C23H23Cl2N5O2S. The molecule has 2 heterocycles. The molecule has 33 heavy (non-hydrogen) atoms. The third-order valence-electron chi connectivity index (χ3n) is 5.51. The summed E-state index contributed by atoms with van der Waals surface area (Å²) in [5.74, 6) is 0.907. The highest BCUT2D eigenvalue weighted by molar-refractivity contribution is 7.99. The molecule has 0 saturated carbocycles. The van der Waals surface area contributed by atoms with Crippen molar-refractivity contribution in [3.63, 3.8) is 0 Å². The molecule has 2 amide bonds. The molecule has 172 valence electrons. The Bertz CT molecular complexity index is 1170. The summed E-state index contributed by atoms with van der Waals surface area (Å²) in [4.78, 5) is 27.9. The van der Waals surface area contributed by atoms with Gasteiger partial charge in [0.2, 0.25) is 11.8 Å². The largest absolute Gasteiger partial charge is 0.339 e. The number of aryl methyl sites for hydroxylation is 1. The second-order valence-corrected chi connectivity index (χ2v) is 9.54. The molecule has 1 saturated heterocycles. The SMILES string of the molecule is CC(=O)N1CCN(C(=O)CSc2nnc(-c3ccc(C)cc3)n2-c2ccc(Cl)c(Cl)c2)CC1. The maximum atomic E-state index is 12.8. The molecule has 0 spiro atoms. The molecule has 0 atom stereocenters. The fraction of sp³-hybridized carbons (Fsp3) is 0.304. The Morgan fingerprint density at radius 3 is 2.24 bits per heavy atom. The van der Waals surface area contributed by atoms with Crippen molar-refractivity contribution in [2.24, 2.45) is 0 Å². The Morgan fingerprint density at radius 2 is 1.61 bits per heavy atom. The molecule has 10 heteroatoms. The first-order valence-electron chi connectivity index (χ1n) is 10.5. The van der Waals surface area contributed by atoms with Crippen molar-refractivity contribution in [2.75, 3.05) is 31.9 Å². The monoisotopic (exact) mass is 503 g/mol. The van der Waals surface area contributed by atoms with Gasteiger partial charge in [0.05, 0.1) is 21.5 Å². The number of hydrogen-bond acceptors (Lipinski definition) is 5. The van der Waals surface area contributed by atoms with Gasteiger partial charge in [-0.15, -0.1) is 10.2 Å². The Balaban J connectivity index is 1.58. The van der Waals surface area contributed by atoms with Crippen LogP contribution in [0.3, 0.4) is 0 Å². The van der Waals surface area contributed by atoms with Crippen LogP contribution in [0, 0.1) is 6.92 Å². The molecule has 0 N–H and O–H groups in total. The Morgan fingerprint density at radius 1 is 0.939 bits per heavy atom. The second-order valence-electron chi connectivity index (χ2n) is 7.78. The van der Waals surface area contributed by atoms with E-state index in [1.807, 2.05) is 41.8 Å². The van der Waals surface area contributed by atoms with Gasteiger partial charge in [0, 0.05) is 38.7 Å². The number of rotatable bonds is 5. The lowest BCUT2D eigenvalue weighted by Gasteiger charge is -2.34. The quantitative estimate of drug-likeness (QED) is 0.484. The van der Waals surface area contributed by atoms with Crippen LogP contribution in [0.25, 0.3) is 17.1 Å². The third-order valence-corrected chi connectivity index (χ3v) is 7.16. The summed E-state index contributed by atoms with van der Waals surface area (Å²) < 4.78 is 1.89. The van der Waals surface area contributed by atoms with Crippen molar-refractivity contribution >= 4 is 46.8 Å². The lowest BCUT2D eigenvalue weighted by molar-refractivity contribution is -0.136. The molecule has 1 aromatic heterocycles. The molecule has 1 fully saturated rings. The van der Waals surface area contributed by atoms with Crippen molar-refractivity contribution in [1.29, 1.82) is 0 Å². The number of benzene rings is 2. The maximum absolute atomic E-state index is 12.8. The zero-order chi connectivity index (χ0) is 23.5. The van der Waals surface area contributed by atoms with Crippen molar-refractivity contribution in [3.05, 3.63) is 58.1 Å². The van der Waals surface area contributed by atoms with Gasteiger partial charge in [-0.1, -0.05) is 64.8 Å². The normalized spacial score (nSPS) is 13.9. The van der Waals surface area contributed by atoms with Crippen LogP contribution in [0.2, 0.25) is 10.0 Å². The summed E-state index contributed by atoms with van der Waals surface area (Å²) in [5.41, 5.74) is 2.80. The molecule has 0 bridgehead atoms. The van der Waals surface area contributed by atoms with Gasteiger partial charge in [0.1, 0.15) is 0 Å². The molecule has 1 aliphatic heterocycles. The van der Waals surface area contributed by atoms with E-state index in [0.717, 1.165) is 16.8 Å². The van der Waals surface area contributed by atoms with Crippen LogP contribution in [-0.4, -0.2) is 68.3 Å². The highest BCUT2D eigenvalue weighted by Gasteiger charge is 2.24. The Hall–Kier alpha value is -2.55. The number of carbonyl (C=O) groups excluding carboxylic acids is 2. The van der Waals surface area contributed by atoms with E-state index in [2.05, 4.69) is 10.2 Å². The first-order chi connectivity index (χ1) is 15.8. The minimum atomic E-state index is 0.00350. The molecule has 0 aliphatic carbocycles. The number of amides is 2. The standard InChI is InChI=1S/C23H23Cl2N5O2S/c1-15-3-5-17(6-4-15)22-26-27-23(30(22)18-7-8-19(24)20(25)13-18)33-14-21(32)29-11-9-28(10-12-29)16(2)31/h3-8,13H,9-12,14H2,1-2H3. The predicted molar refractivity (Wildman–Crippen MR) is 131 cm³/mol. The summed E-state index contributed by atoms with van der Waals surface area (Å²) >= 11 is 13.7. The summed E-state index contributed by atoms with van der Waals surface area (Å²) in [5, 5.41) is 10.2. The first-order valence-corrected chi connectivity index (χ1v) is 12.2.